The predicted molar refractivity (Wildman–Crippen MR) is 122 cm³/mol. The maximum absolute atomic E-state index is 13.4. The number of allylic oxidation sites excluding steroid dienone is 1. The number of esters is 1. The number of rotatable bonds is 6. The second-order valence-corrected chi connectivity index (χ2v) is 8.38. The van der Waals surface area contributed by atoms with Crippen LogP contribution in [0.25, 0.3) is 6.08 Å². The van der Waals surface area contributed by atoms with Crippen LogP contribution in [0.2, 0.25) is 0 Å². The number of alkyl halides is 2. The molecule has 0 radical (unpaired) electrons. The summed E-state index contributed by atoms with van der Waals surface area (Å²) in [5, 5.41) is 11.3. The minimum atomic E-state index is -2.95. The molecule has 12 heteroatoms. The van der Waals surface area contributed by atoms with Gasteiger partial charge in [0.15, 0.2) is 4.80 Å². The minimum absolute atomic E-state index is 0.0253. The Kier molecular flexibility index (Phi) is 6.56. The zero-order valence-electron chi connectivity index (χ0n) is 18.3. The van der Waals surface area contributed by atoms with Crippen LogP contribution in [0.5, 0.6) is 5.75 Å². The molecule has 3 aromatic rings. The van der Waals surface area contributed by atoms with Gasteiger partial charge in [0.05, 0.1) is 33.9 Å². The first-order chi connectivity index (χ1) is 16.7. The van der Waals surface area contributed by atoms with Crippen LogP contribution < -0.4 is 19.6 Å². The number of nitro groups is 1. The predicted octanol–water partition coefficient (Wildman–Crippen LogP) is 2.92. The Morgan fingerprint density at radius 1 is 1.26 bits per heavy atom. The van der Waals surface area contributed by atoms with Gasteiger partial charge in [-0.3, -0.25) is 19.5 Å². The summed E-state index contributed by atoms with van der Waals surface area (Å²) in [4.78, 5) is 41.6. The number of nitrogens with zero attached hydrogens (tertiary/aromatic N) is 3. The molecule has 0 bridgehead atoms. The van der Waals surface area contributed by atoms with Crippen molar-refractivity contribution in [3.05, 3.63) is 101 Å². The van der Waals surface area contributed by atoms with Gasteiger partial charge in [-0.1, -0.05) is 35.6 Å². The number of halogens is 2. The molecule has 0 amide bonds. The first-order valence-electron chi connectivity index (χ1n) is 10.1. The van der Waals surface area contributed by atoms with Crippen molar-refractivity contribution in [1.82, 2.24) is 4.57 Å². The molecule has 35 heavy (non-hydrogen) atoms. The average molecular weight is 501 g/mol. The molecule has 0 saturated carbocycles. The quantitative estimate of drug-likeness (QED) is 0.292. The van der Waals surface area contributed by atoms with E-state index in [-0.39, 0.29) is 21.5 Å². The number of non-ortho nitro benzene ring substituents is 1. The molecule has 4 rings (SSSR count). The highest BCUT2D eigenvalue weighted by Crippen LogP contribution is 2.32. The number of carbonyl (C=O) groups is 1. The van der Waals surface area contributed by atoms with Gasteiger partial charge in [-0.2, -0.15) is 8.78 Å². The summed E-state index contributed by atoms with van der Waals surface area (Å²) in [5.74, 6) is -0.741. The van der Waals surface area contributed by atoms with Gasteiger partial charge in [-0.05, 0) is 36.3 Å². The molecule has 1 aromatic heterocycles. The summed E-state index contributed by atoms with van der Waals surface area (Å²) in [7, 11) is 1.19. The van der Waals surface area contributed by atoms with Crippen molar-refractivity contribution in [1.29, 1.82) is 0 Å². The van der Waals surface area contributed by atoms with E-state index in [4.69, 9.17) is 4.74 Å². The van der Waals surface area contributed by atoms with Crippen LogP contribution in [-0.4, -0.2) is 29.2 Å². The Morgan fingerprint density at radius 2 is 1.97 bits per heavy atom. The fourth-order valence-corrected chi connectivity index (χ4v) is 4.76. The molecule has 2 heterocycles. The van der Waals surface area contributed by atoms with E-state index in [2.05, 4.69) is 9.73 Å². The van der Waals surface area contributed by atoms with Gasteiger partial charge in [0.1, 0.15) is 5.75 Å². The number of hydrogen-bond acceptors (Lipinski definition) is 8. The fraction of sp³-hybridized carbons (Fsp3) is 0.174. The minimum Gasteiger partial charge on any atom is -0.466 e. The Morgan fingerprint density at radius 3 is 2.60 bits per heavy atom. The molecule has 0 N–H and O–H groups in total. The molecule has 0 saturated heterocycles. The summed E-state index contributed by atoms with van der Waals surface area (Å²) in [6.07, 6.45) is 1.55. The smallest absolute Gasteiger partial charge is 0.387 e. The lowest BCUT2D eigenvalue weighted by Crippen LogP contribution is -2.39. The zero-order valence-corrected chi connectivity index (χ0v) is 19.1. The standard InChI is InChI=1S/C23H17F2N3O6S/c1-12-18(21(30)33-2)19(14-4-3-5-15(11-14)28(31)32)27-20(29)17(35-23(27)26-12)10-13-6-8-16(9-7-13)34-22(24)25/h3-11,19,22H,1-2H3/b17-10-. The van der Waals surface area contributed by atoms with E-state index in [9.17, 15) is 28.5 Å². The first kappa shape index (κ1) is 24.0. The molecule has 0 fully saturated rings. The third-order valence-electron chi connectivity index (χ3n) is 5.23. The summed E-state index contributed by atoms with van der Waals surface area (Å²) < 4.78 is 35.6. The molecular formula is C23H17F2N3O6S. The normalized spacial score (nSPS) is 15.6. The first-order valence-corrected chi connectivity index (χ1v) is 10.9. The molecule has 0 aliphatic carbocycles. The molecular weight excluding hydrogens is 484 g/mol. The molecule has 1 aliphatic rings. The molecule has 1 unspecified atom stereocenters. The SMILES string of the molecule is COC(=O)C1=C(C)N=c2s/c(=C\c3ccc(OC(F)F)cc3)c(=O)n2C1c1cccc([N+](=O)[O-])c1. The van der Waals surface area contributed by atoms with Crippen LogP contribution in [0, 0.1) is 10.1 Å². The van der Waals surface area contributed by atoms with Crippen molar-refractivity contribution < 1.29 is 28.0 Å². The number of nitro benzene ring substituents is 1. The van der Waals surface area contributed by atoms with Crippen LogP contribution in [0.3, 0.4) is 0 Å². The summed E-state index contributed by atoms with van der Waals surface area (Å²) in [6.45, 7) is -1.36. The molecule has 1 aliphatic heterocycles. The van der Waals surface area contributed by atoms with Crippen molar-refractivity contribution in [3.63, 3.8) is 0 Å². The lowest BCUT2D eigenvalue weighted by molar-refractivity contribution is -0.384. The number of aromatic nitrogens is 1. The van der Waals surface area contributed by atoms with E-state index in [0.29, 0.717) is 21.6 Å². The Labute approximate surface area is 200 Å². The molecule has 9 nitrogen and oxygen atoms in total. The third-order valence-corrected chi connectivity index (χ3v) is 6.21. The van der Waals surface area contributed by atoms with Gasteiger partial charge < -0.3 is 9.47 Å². The van der Waals surface area contributed by atoms with Gasteiger partial charge in [0.2, 0.25) is 0 Å². The van der Waals surface area contributed by atoms with Gasteiger partial charge >= 0.3 is 12.6 Å². The number of fused-ring (bicyclic) bond motifs is 1. The molecule has 180 valence electrons. The Balaban J connectivity index is 1.89. The van der Waals surface area contributed by atoms with Crippen LogP contribution in [0.4, 0.5) is 14.5 Å². The monoisotopic (exact) mass is 501 g/mol. The lowest BCUT2D eigenvalue weighted by atomic mass is 9.95. The number of methoxy groups -OCH3 is 1. The van der Waals surface area contributed by atoms with E-state index >= 15 is 0 Å². The van der Waals surface area contributed by atoms with Gasteiger partial charge in [-0.15, -0.1) is 0 Å². The van der Waals surface area contributed by atoms with Crippen molar-refractivity contribution in [2.45, 2.75) is 19.6 Å². The van der Waals surface area contributed by atoms with Crippen molar-refractivity contribution >= 4 is 29.1 Å². The molecule has 0 spiro atoms. The molecule has 1 atom stereocenters. The van der Waals surface area contributed by atoms with Crippen LogP contribution >= 0.6 is 11.3 Å². The summed E-state index contributed by atoms with van der Waals surface area (Å²) >= 11 is 1.06. The second-order valence-electron chi connectivity index (χ2n) is 7.37. The van der Waals surface area contributed by atoms with E-state index in [1.54, 1.807) is 19.1 Å². The lowest BCUT2D eigenvalue weighted by Gasteiger charge is -2.24. The number of ether oxygens (including phenoxy) is 2. The Bertz CT molecular complexity index is 1530. The zero-order chi connectivity index (χ0) is 25.3. The van der Waals surface area contributed by atoms with Crippen LogP contribution in [0.15, 0.2) is 69.6 Å². The molecule has 2 aromatic carbocycles. The van der Waals surface area contributed by atoms with Crippen LogP contribution in [0.1, 0.15) is 24.1 Å². The van der Waals surface area contributed by atoms with Gasteiger partial charge in [0.25, 0.3) is 11.2 Å². The maximum Gasteiger partial charge on any atom is 0.387 e. The summed E-state index contributed by atoms with van der Waals surface area (Å²) in [6, 6.07) is 10.4. The highest BCUT2D eigenvalue weighted by atomic mass is 32.1. The third kappa shape index (κ3) is 4.73. The van der Waals surface area contributed by atoms with Crippen LogP contribution in [-0.2, 0) is 9.53 Å². The number of hydrogen-bond donors (Lipinski definition) is 0. The number of benzene rings is 2. The fourth-order valence-electron chi connectivity index (χ4n) is 3.71. The van der Waals surface area contributed by atoms with Crippen molar-refractivity contribution in [3.8, 4) is 5.75 Å². The highest BCUT2D eigenvalue weighted by molar-refractivity contribution is 7.07. The summed E-state index contributed by atoms with van der Waals surface area (Å²) in [5.41, 5.74) is 0.611. The average Bonchev–Trinajstić information content (AvgIpc) is 3.13. The van der Waals surface area contributed by atoms with Gasteiger partial charge in [-0.25, -0.2) is 9.79 Å². The maximum atomic E-state index is 13.4. The van der Waals surface area contributed by atoms with Crippen molar-refractivity contribution in [2.75, 3.05) is 7.11 Å². The van der Waals surface area contributed by atoms with E-state index in [1.807, 2.05) is 0 Å². The second kappa shape index (κ2) is 9.58. The Hall–Kier alpha value is -4.19. The number of thiazole rings is 1. The number of carbonyl (C=O) groups excluding carboxylic acids is 1. The topological polar surface area (TPSA) is 113 Å². The highest BCUT2D eigenvalue weighted by Gasteiger charge is 2.33. The van der Waals surface area contributed by atoms with Gasteiger partial charge in [0, 0.05) is 12.1 Å². The van der Waals surface area contributed by atoms with E-state index < -0.39 is 29.1 Å². The van der Waals surface area contributed by atoms with Crippen molar-refractivity contribution in [2.24, 2.45) is 4.99 Å². The van der Waals surface area contributed by atoms with E-state index in [0.717, 1.165) is 11.3 Å². The largest absolute Gasteiger partial charge is 0.466 e. The van der Waals surface area contributed by atoms with E-state index in [1.165, 1.54) is 54.1 Å².